The van der Waals surface area contributed by atoms with Crippen LogP contribution in [0.15, 0.2) is 18.3 Å². The molecule has 90 valence electrons. The molecule has 0 bridgehead atoms. The van der Waals surface area contributed by atoms with E-state index in [-0.39, 0.29) is 0 Å². The molecule has 1 aromatic rings. The summed E-state index contributed by atoms with van der Waals surface area (Å²) in [5.74, 6) is -3.66. The first-order valence-corrected chi connectivity index (χ1v) is 4.20. The lowest BCUT2D eigenvalue weighted by molar-refractivity contribution is -0.986. The SMILES string of the molecule is Cc1ccc(C([N+](=O)[O-])([N+](=O)[O-])[N+](=O)[O-])nc1. The number of nitrogens with zero attached hydrogens (tertiary/aromatic N) is 4. The molecule has 0 spiro atoms. The highest BCUT2D eigenvalue weighted by Crippen LogP contribution is 2.24. The third-order valence-corrected chi connectivity index (χ3v) is 2.02. The summed E-state index contributed by atoms with van der Waals surface area (Å²) in [7, 11) is 0. The summed E-state index contributed by atoms with van der Waals surface area (Å²) in [6.07, 6.45) is 1.08. The molecule has 0 aliphatic heterocycles. The standard InChI is InChI=1S/C7H6N4O6/c1-5-2-3-6(8-4-5)7(9(12)13,10(14)15)11(16)17/h2-4H,1H3. The highest BCUT2D eigenvalue weighted by Gasteiger charge is 2.74. The first kappa shape index (κ1) is 12.4. The molecule has 0 fully saturated rings. The van der Waals surface area contributed by atoms with Crippen LogP contribution in [0.2, 0.25) is 0 Å². The smallest absolute Gasteiger partial charge is 0.252 e. The predicted octanol–water partition coefficient (Wildman–Crippen LogP) is 0.330. The van der Waals surface area contributed by atoms with Gasteiger partial charge in [0.25, 0.3) is 5.69 Å². The zero-order valence-electron chi connectivity index (χ0n) is 8.47. The highest BCUT2D eigenvalue weighted by molar-refractivity contribution is 5.14. The number of hydrogen-bond acceptors (Lipinski definition) is 7. The average molecular weight is 242 g/mol. The Morgan fingerprint density at radius 2 is 1.53 bits per heavy atom. The molecule has 0 saturated carbocycles. The van der Waals surface area contributed by atoms with Gasteiger partial charge in [-0.05, 0) is 18.6 Å². The molecule has 1 heterocycles. The van der Waals surface area contributed by atoms with E-state index in [0.717, 1.165) is 12.3 Å². The van der Waals surface area contributed by atoms with Gasteiger partial charge in [0.1, 0.15) is 0 Å². The Morgan fingerprint density at radius 1 is 1.06 bits per heavy atom. The van der Waals surface area contributed by atoms with Crippen LogP contribution in [0.5, 0.6) is 0 Å². The van der Waals surface area contributed by atoms with E-state index < -0.39 is 26.3 Å². The van der Waals surface area contributed by atoms with Crippen LogP contribution in [0, 0.1) is 37.3 Å². The summed E-state index contributed by atoms with van der Waals surface area (Å²) < 4.78 is 0. The van der Waals surface area contributed by atoms with Gasteiger partial charge in [-0.3, -0.25) is 30.3 Å². The fraction of sp³-hybridized carbons (Fsp3) is 0.286. The van der Waals surface area contributed by atoms with Crippen LogP contribution in [0.1, 0.15) is 11.3 Å². The van der Waals surface area contributed by atoms with E-state index in [1.807, 2.05) is 0 Å². The molecule has 0 aromatic carbocycles. The maximum Gasteiger partial charge on any atom is 0.745 e. The molecule has 17 heavy (non-hydrogen) atoms. The number of pyridine rings is 1. The summed E-state index contributed by atoms with van der Waals surface area (Å²) in [6.45, 7) is 1.59. The van der Waals surface area contributed by atoms with Crippen LogP contribution >= 0.6 is 0 Å². The quantitative estimate of drug-likeness (QED) is 0.420. The van der Waals surface area contributed by atoms with Crippen molar-refractivity contribution in [2.45, 2.75) is 12.7 Å². The topological polar surface area (TPSA) is 142 Å². The van der Waals surface area contributed by atoms with Gasteiger partial charge in [0.15, 0.2) is 14.8 Å². The van der Waals surface area contributed by atoms with E-state index >= 15 is 0 Å². The van der Waals surface area contributed by atoms with Gasteiger partial charge in [-0.25, -0.2) is 4.98 Å². The second kappa shape index (κ2) is 4.08. The molecule has 10 heteroatoms. The molecular weight excluding hydrogens is 236 g/mol. The molecule has 1 aromatic heterocycles. The Labute approximate surface area is 93.3 Å². The van der Waals surface area contributed by atoms with Gasteiger partial charge in [0.2, 0.25) is 0 Å². The normalized spacial score (nSPS) is 10.9. The fourth-order valence-electron chi connectivity index (χ4n) is 1.15. The largest absolute Gasteiger partial charge is 0.745 e. The molecule has 10 nitrogen and oxygen atoms in total. The van der Waals surface area contributed by atoms with Crippen molar-refractivity contribution in [3.63, 3.8) is 0 Å². The summed E-state index contributed by atoms with van der Waals surface area (Å²) >= 11 is 0. The molecule has 0 saturated heterocycles. The van der Waals surface area contributed by atoms with Crippen molar-refractivity contribution < 1.29 is 14.8 Å². The van der Waals surface area contributed by atoms with E-state index in [4.69, 9.17) is 0 Å². The third kappa shape index (κ3) is 1.75. The summed E-state index contributed by atoms with van der Waals surface area (Å²) in [6, 6.07) is 2.16. The van der Waals surface area contributed by atoms with Crippen molar-refractivity contribution in [1.82, 2.24) is 4.98 Å². The van der Waals surface area contributed by atoms with Crippen molar-refractivity contribution in [2.24, 2.45) is 0 Å². The molecule has 0 unspecified atom stereocenters. The minimum Gasteiger partial charge on any atom is -0.252 e. The average Bonchev–Trinajstić information content (AvgIpc) is 2.20. The molecule has 0 aliphatic carbocycles. The summed E-state index contributed by atoms with van der Waals surface area (Å²) in [4.78, 5) is 30.7. The zero-order valence-corrected chi connectivity index (χ0v) is 8.47. The van der Waals surface area contributed by atoms with E-state index in [9.17, 15) is 30.3 Å². The number of nitro groups is 3. The monoisotopic (exact) mass is 242 g/mol. The van der Waals surface area contributed by atoms with Gasteiger partial charge in [0, 0.05) is 6.20 Å². The summed E-state index contributed by atoms with van der Waals surface area (Å²) in [5, 5.41) is 32.0. The Balaban J connectivity index is 3.53. The lowest BCUT2D eigenvalue weighted by atomic mass is 10.2. The first-order chi connectivity index (χ1) is 7.83. The predicted molar refractivity (Wildman–Crippen MR) is 51.6 cm³/mol. The molecule has 0 radical (unpaired) electrons. The van der Waals surface area contributed by atoms with Crippen molar-refractivity contribution in [3.05, 3.63) is 59.9 Å². The van der Waals surface area contributed by atoms with Gasteiger partial charge in [-0.2, -0.15) is 0 Å². The Morgan fingerprint density at radius 3 is 1.82 bits per heavy atom. The summed E-state index contributed by atoms with van der Waals surface area (Å²) in [5.41, 5.74) is -0.277. The molecule has 0 aliphatic rings. The van der Waals surface area contributed by atoms with Crippen molar-refractivity contribution in [1.29, 1.82) is 0 Å². The van der Waals surface area contributed by atoms with E-state index in [2.05, 4.69) is 4.98 Å². The Bertz CT molecular complexity index is 448. The van der Waals surface area contributed by atoms with Gasteiger partial charge in [-0.15, -0.1) is 0 Å². The lowest BCUT2D eigenvalue weighted by Gasteiger charge is -2.07. The van der Waals surface area contributed by atoms with Crippen LogP contribution in [0.4, 0.5) is 0 Å². The number of rotatable bonds is 4. The first-order valence-electron chi connectivity index (χ1n) is 4.20. The van der Waals surface area contributed by atoms with Crippen LogP contribution in [-0.2, 0) is 5.79 Å². The number of hydrogen-bond donors (Lipinski definition) is 0. The second-order valence-corrected chi connectivity index (χ2v) is 3.13. The Kier molecular flexibility index (Phi) is 2.98. The highest BCUT2D eigenvalue weighted by atomic mass is 16.7. The minimum absolute atomic E-state index is 0.567. The van der Waals surface area contributed by atoms with Crippen LogP contribution < -0.4 is 0 Å². The van der Waals surface area contributed by atoms with Crippen LogP contribution in [0.3, 0.4) is 0 Å². The van der Waals surface area contributed by atoms with E-state index in [0.29, 0.717) is 5.56 Å². The van der Waals surface area contributed by atoms with Crippen molar-refractivity contribution in [2.75, 3.05) is 0 Å². The second-order valence-electron chi connectivity index (χ2n) is 3.13. The van der Waals surface area contributed by atoms with E-state index in [1.54, 1.807) is 6.92 Å². The van der Waals surface area contributed by atoms with Crippen LogP contribution in [0.25, 0.3) is 0 Å². The lowest BCUT2D eigenvalue weighted by Crippen LogP contribution is -2.50. The van der Waals surface area contributed by atoms with Gasteiger partial charge in [-0.1, -0.05) is 6.07 Å². The van der Waals surface area contributed by atoms with Crippen molar-refractivity contribution in [3.8, 4) is 0 Å². The minimum atomic E-state index is -3.66. The van der Waals surface area contributed by atoms with Gasteiger partial charge in [0.05, 0.1) is 0 Å². The molecule has 0 atom stereocenters. The molecular formula is C7H6N4O6. The number of aryl methyl sites for hydroxylation is 1. The van der Waals surface area contributed by atoms with E-state index in [1.165, 1.54) is 6.07 Å². The maximum absolute atomic E-state index is 10.7. The van der Waals surface area contributed by atoms with Crippen LogP contribution in [-0.4, -0.2) is 19.8 Å². The zero-order chi connectivity index (χ0) is 13.2. The molecule has 0 N–H and O–H groups in total. The maximum atomic E-state index is 10.7. The molecule has 0 amide bonds. The third-order valence-electron chi connectivity index (χ3n) is 2.02. The molecule has 1 rings (SSSR count). The Hall–Kier alpha value is -2.65. The van der Waals surface area contributed by atoms with Gasteiger partial charge >= 0.3 is 5.79 Å². The number of aromatic nitrogens is 1. The van der Waals surface area contributed by atoms with Gasteiger partial charge < -0.3 is 0 Å². The fourth-order valence-corrected chi connectivity index (χ4v) is 1.15. The van der Waals surface area contributed by atoms with Crippen molar-refractivity contribution >= 4 is 0 Å².